The molecule has 0 fully saturated rings. The molecule has 0 saturated heterocycles. The number of rotatable bonds is 19. The van der Waals surface area contributed by atoms with Gasteiger partial charge in [0.25, 0.3) is 0 Å². The smallest absolute Gasteiger partial charge is 0.119 e. The van der Waals surface area contributed by atoms with Gasteiger partial charge in [0.2, 0.25) is 0 Å². The standard InChI is InChI=1S/C36H50N8O2/c1-41(2)21-5-25-45-33-15-7-29(8-16-33)19-23-43(38)27-35(37)31-11-13-32(14-12-31)36-28-44(40-39-36)24-20-30-9-17-34(18-10-30)46-26-6-22-42(3)4/h7-18,27-28H,5-6,19-26,37-38H2,1-4H3/b35-27-. The summed E-state index contributed by atoms with van der Waals surface area (Å²) in [6.45, 7) is 4.85. The molecule has 0 spiro atoms. The summed E-state index contributed by atoms with van der Waals surface area (Å²) >= 11 is 0. The summed E-state index contributed by atoms with van der Waals surface area (Å²) in [5.41, 5.74) is 12.1. The first-order chi connectivity index (χ1) is 22.2. The molecule has 4 N–H and O–H groups in total. The minimum Gasteiger partial charge on any atom is -0.494 e. The molecule has 1 heterocycles. The lowest BCUT2D eigenvalue weighted by atomic mass is 10.1. The van der Waals surface area contributed by atoms with Crippen molar-refractivity contribution in [2.75, 3.05) is 61.0 Å². The molecule has 3 aromatic carbocycles. The molecule has 246 valence electrons. The van der Waals surface area contributed by atoms with Crippen molar-refractivity contribution in [3.63, 3.8) is 0 Å². The van der Waals surface area contributed by atoms with Crippen LogP contribution in [0.1, 0.15) is 29.5 Å². The summed E-state index contributed by atoms with van der Waals surface area (Å²) < 4.78 is 13.5. The number of aromatic nitrogens is 3. The van der Waals surface area contributed by atoms with Crippen LogP contribution in [0.3, 0.4) is 0 Å². The first-order valence-corrected chi connectivity index (χ1v) is 16.0. The van der Waals surface area contributed by atoms with Crippen LogP contribution in [0.15, 0.2) is 85.2 Å². The number of hydrogen-bond donors (Lipinski definition) is 2. The number of nitrogens with two attached hydrogens (primary N) is 2. The van der Waals surface area contributed by atoms with Crippen LogP contribution in [-0.4, -0.2) is 90.8 Å². The van der Waals surface area contributed by atoms with Crippen LogP contribution in [0.4, 0.5) is 0 Å². The van der Waals surface area contributed by atoms with Crippen molar-refractivity contribution < 1.29 is 9.47 Å². The Morgan fingerprint density at radius 1 is 0.739 bits per heavy atom. The zero-order valence-corrected chi connectivity index (χ0v) is 27.8. The molecular formula is C36H50N8O2. The van der Waals surface area contributed by atoms with Gasteiger partial charge in [0.15, 0.2) is 0 Å². The number of nitrogens with zero attached hydrogens (tertiary/aromatic N) is 6. The fourth-order valence-corrected chi connectivity index (χ4v) is 4.84. The minimum absolute atomic E-state index is 0.601. The Bertz CT molecular complexity index is 1470. The molecule has 0 bridgehead atoms. The van der Waals surface area contributed by atoms with E-state index >= 15 is 0 Å². The Morgan fingerprint density at radius 2 is 1.28 bits per heavy atom. The van der Waals surface area contributed by atoms with E-state index in [0.29, 0.717) is 18.8 Å². The Hall–Kier alpha value is -4.38. The van der Waals surface area contributed by atoms with Gasteiger partial charge in [0.05, 0.1) is 25.1 Å². The molecule has 0 aliphatic heterocycles. The second-order valence-corrected chi connectivity index (χ2v) is 12.1. The zero-order valence-electron chi connectivity index (χ0n) is 27.8. The van der Waals surface area contributed by atoms with Crippen LogP contribution in [0, 0.1) is 0 Å². The molecule has 10 nitrogen and oxygen atoms in total. The van der Waals surface area contributed by atoms with Gasteiger partial charge in [-0.3, -0.25) is 4.68 Å². The number of benzene rings is 3. The van der Waals surface area contributed by atoms with E-state index < -0.39 is 0 Å². The fourth-order valence-electron chi connectivity index (χ4n) is 4.84. The quantitative estimate of drug-likeness (QED) is 0.0882. The van der Waals surface area contributed by atoms with Crippen molar-refractivity contribution in [3.05, 3.63) is 102 Å². The van der Waals surface area contributed by atoms with Crippen molar-refractivity contribution in [1.29, 1.82) is 0 Å². The van der Waals surface area contributed by atoms with Crippen LogP contribution in [-0.2, 0) is 19.4 Å². The highest BCUT2D eigenvalue weighted by molar-refractivity contribution is 5.66. The van der Waals surface area contributed by atoms with Gasteiger partial charge in [-0.2, -0.15) is 0 Å². The summed E-state index contributed by atoms with van der Waals surface area (Å²) in [5.74, 6) is 8.04. The second-order valence-electron chi connectivity index (χ2n) is 12.1. The van der Waals surface area contributed by atoms with Crippen LogP contribution >= 0.6 is 0 Å². The second kappa shape index (κ2) is 17.9. The number of hydrogen-bond acceptors (Lipinski definition) is 9. The van der Waals surface area contributed by atoms with Gasteiger partial charge in [0.1, 0.15) is 17.2 Å². The molecule has 46 heavy (non-hydrogen) atoms. The molecule has 0 unspecified atom stereocenters. The third-order valence-electron chi connectivity index (χ3n) is 7.53. The Balaban J connectivity index is 1.20. The van der Waals surface area contributed by atoms with Gasteiger partial charge < -0.3 is 30.0 Å². The first-order valence-electron chi connectivity index (χ1n) is 16.0. The van der Waals surface area contributed by atoms with E-state index in [-0.39, 0.29) is 0 Å². The van der Waals surface area contributed by atoms with Crippen LogP contribution < -0.4 is 21.1 Å². The lowest BCUT2D eigenvalue weighted by Gasteiger charge is -2.15. The molecule has 0 aliphatic rings. The van der Waals surface area contributed by atoms with E-state index in [1.807, 2.05) is 59.4 Å². The van der Waals surface area contributed by atoms with Crippen molar-refractivity contribution in [3.8, 4) is 22.8 Å². The minimum atomic E-state index is 0.601. The predicted octanol–water partition coefficient (Wildman–Crippen LogP) is 4.52. The lowest BCUT2D eigenvalue weighted by molar-refractivity contribution is 0.281. The average molecular weight is 627 g/mol. The normalized spacial score (nSPS) is 11.8. The molecular weight excluding hydrogens is 576 g/mol. The van der Waals surface area contributed by atoms with Crippen LogP contribution in [0.5, 0.6) is 11.5 Å². The molecule has 0 saturated carbocycles. The summed E-state index contributed by atoms with van der Waals surface area (Å²) in [7, 11) is 8.28. The Morgan fingerprint density at radius 3 is 1.83 bits per heavy atom. The topological polar surface area (TPSA) is 111 Å². The molecule has 1 aromatic heterocycles. The molecule has 4 rings (SSSR count). The van der Waals surface area contributed by atoms with Gasteiger partial charge >= 0.3 is 0 Å². The molecule has 0 radical (unpaired) electrons. The van der Waals surface area contributed by atoms with E-state index in [1.54, 1.807) is 11.2 Å². The van der Waals surface area contributed by atoms with Crippen molar-refractivity contribution in [2.45, 2.75) is 32.2 Å². The average Bonchev–Trinajstić information content (AvgIpc) is 3.53. The SMILES string of the molecule is CN(C)CCCOc1ccc(CCN(N)/C=C(\N)c2ccc(-c3cn(CCc4ccc(OCCCN(C)C)cc4)nn3)cc2)cc1. The molecule has 0 amide bonds. The summed E-state index contributed by atoms with van der Waals surface area (Å²) in [4.78, 5) is 4.32. The van der Waals surface area contributed by atoms with Crippen molar-refractivity contribution in [1.82, 2.24) is 29.8 Å². The molecule has 0 atom stereocenters. The maximum absolute atomic E-state index is 6.38. The summed E-state index contributed by atoms with van der Waals surface area (Å²) in [6, 6.07) is 24.5. The summed E-state index contributed by atoms with van der Waals surface area (Å²) in [6.07, 6.45) is 7.41. The van der Waals surface area contributed by atoms with Gasteiger partial charge in [-0.1, -0.05) is 53.7 Å². The molecule has 10 heteroatoms. The maximum atomic E-state index is 6.38. The van der Waals surface area contributed by atoms with Crippen molar-refractivity contribution in [2.24, 2.45) is 11.6 Å². The van der Waals surface area contributed by atoms with Crippen LogP contribution in [0.2, 0.25) is 0 Å². The van der Waals surface area contributed by atoms with Crippen molar-refractivity contribution >= 4 is 5.70 Å². The maximum Gasteiger partial charge on any atom is 0.119 e. The third kappa shape index (κ3) is 11.8. The third-order valence-corrected chi connectivity index (χ3v) is 7.53. The van der Waals surface area contributed by atoms with Gasteiger partial charge in [-0.15, -0.1) is 5.10 Å². The van der Waals surface area contributed by atoms with E-state index in [9.17, 15) is 0 Å². The lowest BCUT2D eigenvalue weighted by Crippen LogP contribution is -2.28. The van der Waals surface area contributed by atoms with Crippen LogP contribution in [0.25, 0.3) is 17.0 Å². The molecule has 4 aromatic rings. The molecule has 0 aliphatic carbocycles. The first kappa shape index (κ1) is 34.5. The Kier molecular flexibility index (Phi) is 13.5. The fraction of sp³-hybridized carbons (Fsp3) is 0.389. The summed E-state index contributed by atoms with van der Waals surface area (Å²) in [5, 5.41) is 10.3. The van der Waals surface area contributed by atoms with E-state index in [2.05, 4.69) is 72.6 Å². The van der Waals surface area contributed by atoms with Gasteiger partial charge in [0, 0.05) is 37.9 Å². The van der Waals surface area contributed by atoms with Gasteiger partial charge in [-0.25, -0.2) is 5.84 Å². The van der Waals surface area contributed by atoms with E-state index in [0.717, 1.165) is 80.2 Å². The highest BCUT2D eigenvalue weighted by Gasteiger charge is 2.07. The Labute approximate surface area is 274 Å². The van der Waals surface area contributed by atoms with Gasteiger partial charge in [-0.05, 0) is 94.8 Å². The highest BCUT2D eigenvalue weighted by Crippen LogP contribution is 2.20. The number of ether oxygens (including phenoxy) is 2. The predicted molar refractivity (Wildman–Crippen MR) is 186 cm³/mol. The monoisotopic (exact) mass is 626 g/mol. The zero-order chi connectivity index (χ0) is 32.7. The number of aryl methyl sites for hydroxylation is 2. The van der Waals surface area contributed by atoms with E-state index in [1.165, 1.54) is 11.1 Å². The highest BCUT2D eigenvalue weighted by atomic mass is 16.5. The largest absolute Gasteiger partial charge is 0.494 e. The number of hydrazine groups is 1. The van der Waals surface area contributed by atoms with E-state index in [4.69, 9.17) is 21.1 Å².